The minimum atomic E-state index is -4.55. The number of nitrogens with zero attached hydrogens (tertiary/aromatic N) is 5. The zero-order chi connectivity index (χ0) is 21.6. The number of aromatic nitrogens is 4. The summed E-state index contributed by atoms with van der Waals surface area (Å²) in [5.74, 6) is -0.419. The molecule has 1 amide bonds. The van der Waals surface area contributed by atoms with Gasteiger partial charge in [0.2, 0.25) is 5.91 Å². The van der Waals surface area contributed by atoms with Gasteiger partial charge in [0.1, 0.15) is 6.54 Å². The predicted octanol–water partition coefficient (Wildman–Crippen LogP) is 3.77. The van der Waals surface area contributed by atoms with Crippen LogP contribution in [0.3, 0.4) is 0 Å². The Hall–Kier alpha value is -2.91. The van der Waals surface area contributed by atoms with E-state index in [2.05, 4.69) is 15.2 Å². The number of hydrogen-bond acceptors (Lipinski definition) is 5. The SMILES string of the molecule is Cc1cc(C)n(CC(=O)N2CCCC(c3cc(C(F)(F)F)c4c(C)noc4n3)C2)n1. The molecule has 0 saturated carbocycles. The van der Waals surface area contributed by atoms with Crippen molar-refractivity contribution in [1.82, 2.24) is 24.8 Å². The van der Waals surface area contributed by atoms with Crippen LogP contribution in [0, 0.1) is 20.8 Å². The van der Waals surface area contributed by atoms with Crippen molar-refractivity contribution in [3.63, 3.8) is 0 Å². The van der Waals surface area contributed by atoms with Crippen LogP contribution in [-0.2, 0) is 17.5 Å². The van der Waals surface area contributed by atoms with Gasteiger partial charge in [0.15, 0.2) is 0 Å². The van der Waals surface area contributed by atoms with Crippen LogP contribution in [0.4, 0.5) is 13.2 Å². The average molecular weight is 421 g/mol. The molecule has 4 heterocycles. The highest BCUT2D eigenvalue weighted by Gasteiger charge is 2.37. The highest BCUT2D eigenvalue weighted by atomic mass is 19.4. The summed E-state index contributed by atoms with van der Waals surface area (Å²) < 4.78 is 47.6. The molecule has 1 fully saturated rings. The van der Waals surface area contributed by atoms with Gasteiger partial charge in [0, 0.05) is 24.7 Å². The Kier molecular flexibility index (Phi) is 5.03. The number of carbonyl (C=O) groups excluding carboxylic acids is 1. The first-order valence-corrected chi connectivity index (χ1v) is 9.76. The lowest BCUT2D eigenvalue weighted by Crippen LogP contribution is -2.41. The van der Waals surface area contributed by atoms with Crippen LogP contribution in [0.15, 0.2) is 16.7 Å². The number of carbonyl (C=O) groups is 1. The summed E-state index contributed by atoms with van der Waals surface area (Å²) >= 11 is 0. The van der Waals surface area contributed by atoms with Gasteiger partial charge in [-0.2, -0.15) is 18.3 Å². The molecule has 0 radical (unpaired) electrons. The van der Waals surface area contributed by atoms with Gasteiger partial charge in [0.05, 0.1) is 28.0 Å². The summed E-state index contributed by atoms with van der Waals surface area (Å²) in [5.41, 5.74) is 1.22. The minimum Gasteiger partial charge on any atom is -0.340 e. The quantitative estimate of drug-likeness (QED) is 0.644. The van der Waals surface area contributed by atoms with E-state index >= 15 is 0 Å². The fourth-order valence-corrected chi connectivity index (χ4v) is 4.05. The smallest absolute Gasteiger partial charge is 0.340 e. The van der Waals surface area contributed by atoms with Gasteiger partial charge >= 0.3 is 6.18 Å². The number of hydrogen-bond donors (Lipinski definition) is 0. The average Bonchev–Trinajstić information content (AvgIpc) is 3.21. The molecule has 3 aromatic heterocycles. The molecule has 3 aromatic rings. The van der Waals surface area contributed by atoms with Crippen LogP contribution in [-0.4, -0.2) is 43.8 Å². The van der Waals surface area contributed by atoms with E-state index in [-0.39, 0.29) is 40.9 Å². The summed E-state index contributed by atoms with van der Waals surface area (Å²) in [7, 11) is 0. The number of pyridine rings is 1. The van der Waals surface area contributed by atoms with Crippen molar-refractivity contribution in [3.05, 3.63) is 40.5 Å². The Labute approximate surface area is 170 Å². The van der Waals surface area contributed by atoms with E-state index < -0.39 is 11.7 Å². The molecular formula is C20H22F3N5O2. The van der Waals surface area contributed by atoms with Crippen molar-refractivity contribution in [1.29, 1.82) is 0 Å². The number of aryl methyl sites for hydroxylation is 3. The topological polar surface area (TPSA) is 77.0 Å². The largest absolute Gasteiger partial charge is 0.417 e. The second-order valence-corrected chi connectivity index (χ2v) is 7.80. The van der Waals surface area contributed by atoms with E-state index in [1.54, 1.807) is 9.58 Å². The van der Waals surface area contributed by atoms with Crippen LogP contribution in [0.1, 0.15) is 47.1 Å². The molecule has 160 valence electrons. The molecule has 1 aliphatic rings. The molecule has 30 heavy (non-hydrogen) atoms. The Morgan fingerprint density at radius 2 is 2.03 bits per heavy atom. The number of alkyl halides is 3. The third kappa shape index (κ3) is 3.78. The summed E-state index contributed by atoms with van der Waals surface area (Å²) in [4.78, 5) is 18.8. The molecule has 0 bridgehead atoms. The summed E-state index contributed by atoms with van der Waals surface area (Å²) in [6, 6.07) is 2.97. The van der Waals surface area contributed by atoms with E-state index in [4.69, 9.17) is 4.52 Å². The number of fused-ring (bicyclic) bond motifs is 1. The maximum Gasteiger partial charge on any atom is 0.417 e. The van der Waals surface area contributed by atoms with Gasteiger partial charge in [0.25, 0.3) is 5.71 Å². The Balaban J connectivity index is 1.59. The molecule has 1 saturated heterocycles. The van der Waals surface area contributed by atoms with Gasteiger partial charge in [-0.25, -0.2) is 4.98 Å². The van der Waals surface area contributed by atoms with Crippen molar-refractivity contribution < 1.29 is 22.5 Å². The van der Waals surface area contributed by atoms with Gasteiger partial charge in [-0.05, 0) is 45.7 Å². The van der Waals surface area contributed by atoms with Crippen molar-refractivity contribution in [2.75, 3.05) is 13.1 Å². The van der Waals surface area contributed by atoms with E-state index in [1.165, 1.54) is 6.92 Å². The normalized spacial score (nSPS) is 17.7. The van der Waals surface area contributed by atoms with Gasteiger partial charge in [-0.3, -0.25) is 9.48 Å². The second-order valence-electron chi connectivity index (χ2n) is 7.80. The Morgan fingerprint density at radius 1 is 1.27 bits per heavy atom. The van der Waals surface area contributed by atoms with Gasteiger partial charge in [-0.15, -0.1) is 0 Å². The second kappa shape index (κ2) is 7.41. The van der Waals surface area contributed by atoms with Crippen LogP contribution in [0.2, 0.25) is 0 Å². The number of rotatable bonds is 3. The lowest BCUT2D eigenvalue weighted by molar-refractivity contribution is -0.136. The maximum absolute atomic E-state index is 13.6. The molecule has 4 rings (SSSR count). The monoisotopic (exact) mass is 421 g/mol. The highest BCUT2D eigenvalue weighted by Crippen LogP contribution is 2.38. The molecule has 0 N–H and O–H groups in total. The van der Waals surface area contributed by atoms with Crippen LogP contribution in [0.5, 0.6) is 0 Å². The number of halogens is 3. The molecular weight excluding hydrogens is 399 g/mol. The van der Waals surface area contributed by atoms with Crippen LogP contribution >= 0.6 is 0 Å². The standard InChI is InChI=1S/C20H22F3N5O2/c1-11-7-12(2)28(25-11)10-17(29)27-6-4-5-14(9-27)16-8-15(20(21,22)23)18-13(3)26-30-19(18)24-16/h7-8,14H,4-6,9-10H2,1-3H3. The Bertz CT molecular complexity index is 1100. The first-order valence-electron chi connectivity index (χ1n) is 9.76. The molecule has 0 aromatic carbocycles. The van der Waals surface area contributed by atoms with Crippen molar-refractivity contribution in [2.24, 2.45) is 0 Å². The van der Waals surface area contributed by atoms with E-state index in [1.807, 2.05) is 19.9 Å². The van der Waals surface area contributed by atoms with Crippen LogP contribution in [0.25, 0.3) is 11.1 Å². The maximum atomic E-state index is 13.6. The molecule has 1 aliphatic heterocycles. The third-order valence-corrected chi connectivity index (χ3v) is 5.52. The zero-order valence-electron chi connectivity index (χ0n) is 17.0. The zero-order valence-corrected chi connectivity index (χ0v) is 17.0. The lowest BCUT2D eigenvalue weighted by atomic mass is 9.92. The summed E-state index contributed by atoms with van der Waals surface area (Å²) in [6.45, 7) is 6.17. The fraction of sp³-hybridized carbons (Fsp3) is 0.500. The number of amides is 1. The number of likely N-dealkylation sites (tertiary alicyclic amines) is 1. The molecule has 1 unspecified atom stereocenters. The van der Waals surface area contributed by atoms with Crippen LogP contribution < -0.4 is 0 Å². The first kappa shape index (κ1) is 20.4. The molecule has 10 heteroatoms. The molecule has 0 spiro atoms. The first-order chi connectivity index (χ1) is 14.1. The van der Waals surface area contributed by atoms with Crippen molar-refractivity contribution in [3.8, 4) is 0 Å². The molecule has 1 atom stereocenters. The fourth-order valence-electron chi connectivity index (χ4n) is 4.05. The summed E-state index contributed by atoms with van der Waals surface area (Å²) in [6.07, 6.45) is -3.22. The number of piperidine rings is 1. The van der Waals surface area contributed by atoms with E-state index in [0.29, 0.717) is 25.9 Å². The molecule has 0 aliphatic carbocycles. The van der Waals surface area contributed by atoms with Crippen molar-refractivity contribution >= 4 is 17.0 Å². The Morgan fingerprint density at radius 3 is 2.70 bits per heavy atom. The molecule has 7 nitrogen and oxygen atoms in total. The summed E-state index contributed by atoms with van der Waals surface area (Å²) in [5, 5.41) is 7.84. The van der Waals surface area contributed by atoms with Gasteiger partial charge in [-0.1, -0.05) is 5.16 Å². The minimum absolute atomic E-state index is 0.105. The van der Waals surface area contributed by atoms with E-state index in [9.17, 15) is 18.0 Å². The van der Waals surface area contributed by atoms with Gasteiger partial charge < -0.3 is 9.42 Å². The van der Waals surface area contributed by atoms with E-state index in [0.717, 1.165) is 17.5 Å². The van der Waals surface area contributed by atoms with Crippen molar-refractivity contribution in [2.45, 2.75) is 52.3 Å². The highest BCUT2D eigenvalue weighted by molar-refractivity contribution is 5.81. The predicted molar refractivity (Wildman–Crippen MR) is 102 cm³/mol. The lowest BCUT2D eigenvalue weighted by Gasteiger charge is -2.32. The third-order valence-electron chi connectivity index (χ3n) is 5.52.